The fourth-order valence-electron chi connectivity index (χ4n) is 1.04. The van der Waals surface area contributed by atoms with E-state index in [1.54, 1.807) is 17.8 Å². The van der Waals surface area contributed by atoms with Crippen molar-refractivity contribution < 1.29 is 0 Å². The molecule has 3 heteroatoms. The molecule has 13 heavy (non-hydrogen) atoms. The molecule has 0 N–H and O–H groups in total. The lowest BCUT2D eigenvalue weighted by Crippen LogP contribution is -2.19. The molecule has 0 spiro atoms. The summed E-state index contributed by atoms with van der Waals surface area (Å²) in [6, 6.07) is 1.52. The normalized spacial score (nSPS) is 9.54. The predicted octanol–water partition coefficient (Wildman–Crippen LogP) is 0.965. The van der Waals surface area contributed by atoms with Crippen LogP contribution in [0.5, 0.6) is 0 Å². The molecule has 0 fully saturated rings. The predicted molar refractivity (Wildman–Crippen MR) is 51.3 cm³/mol. The quantitative estimate of drug-likeness (QED) is 0.508. The number of terminal acetylenes is 1. The molecule has 3 nitrogen and oxygen atoms in total. The maximum absolute atomic E-state index is 11.3. The van der Waals surface area contributed by atoms with Crippen molar-refractivity contribution in [3.05, 3.63) is 28.4 Å². The van der Waals surface area contributed by atoms with Crippen LogP contribution < -0.4 is 5.56 Å². The number of aryl methyl sites for hydroxylation is 2. The van der Waals surface area contributed by atoms with Gasteiger partial charge >= 0.3 is 0 Å². The molecule has 0 aliphatic carbocycles. The van der Waals surface area contributed by atoms with Gasteiger partial charge in [0.25, 0.3) is 5.56 Å². The summed E-state index contributed by atoms with van der Waals surface area (Å²) in [6.45, 7) is 2.45. The van der Waals surface area contributed by atoms with E-state index >= 15 is 0 Å². The fourth-order valence-corrected chi connectivity index (χ4v) is 1.04. The molecule has 0 saturated carbocycles. The fraction of sp³-hybridized carbons (Fsp3) is 0.400. The molecule has 0 bridgehead atoms. The van der Waals surface area contributed by atoms with Gasteiger partial charge in [0.05, 0.1) is 6.33 Å². The maximum atomic E-state index is 11.3. The summed E-state index contributed by atoms with van der Waals surface area (Å²) in [7, 11) is 0. The van der Waals surface area contributed by atoms with E-state index in [4.69, 9.17) is 6.42 Å². The summed E-state index contributed by atoms with van der Waals surface area (Å²) < 4.78 is 1.57. The van der Waals surface area contributed by atoms with Crippen molar-refractivity contribution in [3.8, 4) is 12.3 Å². The first-order valence-corrected chi connectivity index (χ1v) is 4.20. The van der Waals surface area contributed by atoms with Gasteiger partial charge in [-0.25, -0.2) is 4.98 Å². The van der Waals surface area contributed by atoms with Gasteiger partial charge in [-0.1, -0.05) is 0 Å². The minimum atomic E-state index is -0.00970. The van der Waals surface area contributed by atoms with E-state index in [0.29, 0.717) is 13.0 Å². The van der Waals surface area contributed by atoms with Gasteiger partial charge in [0.2, 0.25) is 0 Å². The van der Waals surface area contributed by atoms with Gasteiger partial charge in [0.1, 0.15) is 0 Å². The van der Waals surface area contributed by atoms with E-state index in [9.17, 15) is 4.79 Å². The molecule has 68 valence electrons. The third-order valence-corrected chi connectivity index (χ3v) is 1.74. The molecule has 1 aromatic rings. The second-order valence-corrected chi connectivity index (χ2v) is 2.87. The van der Waals surface area contributed by atoms with Crippen LogP contribution in [0.4, 0.5) is 0 Å². The van der Waals surface area contributed by atoms with Crippen molar-refractivity contribution in [2.75, 3.05) is 0 Å². The zero-order valence-corrected chi connectivity index (χ0v) is 7.66. The van der Waals surface area contributed by atoms with Crippen LogP contribution in [0, 0.1) is 19.3 Å². The minimum absolute atomic E-state index is 0.00970. The van der Waals surface area contributed by atoms with E-state index in [1.807, 2.05) is 0 Å². The minimum Gasteiger partial charge on any atom is -0.299 e. The first-order chi connectivity index (χ1) is 6.24. The van der Waals surface area contributed by atoms with Gasteiger partial charge < -0.3 is 0 Å². The maximum Gasteiger partial charge on any atom is 0.253 e. The highest BCUT2D eigenvalue weighted by molar-refractivity contribution is 4.96. The van der Waals surface area contributed by atoms with Crippen LogP contribution in [0.1, 0.15) is 18.5 Å². The van der Waals surface area contributed by atoms with Crippen LogP contribution in [-0.2, 0) is 6.54 Å². The van der Waals surface area contributed by atoms with Crippen molar-refractivity contribution in [3.63, 3.8) is 0 Å². The van der Waals surface area contributed by atoms with Crippen LogP contribution in [0.15, 0.2) is 17.2 Å². The Morgan fingerprint density at radius 1 is 1.69 bits per heavy atom. The van der Waals surface area contributed by atoms with E-state index in [-0.39, 0.29) is 5.56 Å². The van der Waals surface area contributed by atoms with Crippen molar-refractivity contribution >= 4 is 0 Å². The molecule has 0 aromatic carbocycles. The highest BCUT2D eigenvalue weighted by atomic mass is 16.1. The van der Waals surface area contributed by atoms with Gasteiger partial charge in [0, 0.05) is 24.7 Å². The molecule has 0 aliphatic rings. The number of hydrogen-bond donors (Lipinski definition) is 0. The SMILES string of the molecule is C#CCCCn1cnc(C)cc1=O. The molecule has 1 heterocycles. The van der Waals surface area contributed by atoms with Crippen molar-refractivity contribution in [1.82, 2.24) is 9.55 Å². The van der Waals surface area contributed by atoms with E-state index in [0.717, 1.165) is 12.1 Å². The summed E-state index contributed by atoms with van der Waals surface area (Å²) >= 11 is 0. The molecular weight excluding hydrogens is 164 g/mol. The first-order valence-electron chi connectivity index (χ1n) is 4.20. The monoisotopic (exact) mass is 176 g/mol. The van der Waals surface area contributed by atoms with Gasteiger partial charge in [-0.3, -0.25) is 9.36 Å². The third kappa shape index (κ3) is 2.75. The van der Waals surface area contributed by atoms with Crippen LogP contribution in [-0.4, -0.2) is 9.55 Å². The van der Waals surface area contributed by atoms with Gasteiger partial charge in [-0.2, -0.15) is 0 Å². The van der Waals surface area contributed by atoms with Crippen LogP contribution >= 0.6 is 0 Å². The number of aromatic nitrogens is 2. The Bertz CT molecular complexity index is 373. The first kappa shape index (κ1) is 9.53. The standard InChI is InChI=1S/C10H12N2O/c1-3-4-5-6-12-8-11-9(2)7-10(12)13/h1,7-8H,4-6H2,2H3. The largest absolute Gasteiger partial charge is 0.299 e. The summed E-state index contributed by atoms with van der Waals surface area (Å²) in [6.07, 6.45) is 8.18. The van der Waals surface area contributed by atoms with Crippen LogP contribution in [0.25, 0.3) is 0 Å². The summed E-state index contributed by atoms with van der Waals surface area (Å²) in [5, 5.41) is 0. The summed E-state index contributed by atoms with van der Waals surface area (Å²) in [5.74, 6) is 2.53. The molecule has 1 rings (SSSR count). The molecule has 0 saturated heterocycles. The average molecular weight is 176 g/mol. The Balaban J connectivity index is 2.68. The Morgan fingerprint density at radius 2 is 2.46 bits per heavy atom. The lowest BCUT2D eigenvalue weighted by molar-refractivity contribution is 0.619. The van der Waals surface area contributed by atoms with Crippen LogP contribution in [0.3, 0.4) is 0 Å². The van der Waals surface area contributed by atoms with Crippen molar-refractivity contribution in [2.45, 2.75) is 26.3 Å². The number of hydrogen-bond acceptors (Lipinski definition) is 2. The van der Waals surface area contributed by atoms with E-state index in [1.165, 1.54) is 6.07 Å². The number of unbranched alkanes of at least 4 members (excludes halogenated alkanes) is 1. The summed E-state index contributed by atoms with van der Waals surface area (Å²) in [5.41, 5.74) is 0.739. The van der Waals surface area contributed by atoms with Gasteiger partial charge in [-0.05, 0) is 13.3 Å². The molecule has 0 atom stereocenters. The zero-order valence-electron chi connectivity index (χ0n) is 7.66. The topological polar surface area (TPSA) is 34.9 Å². The molecule has 0 amide bonds. The second kappa shape index (κ2) is 4.46. The Morgan fingerprint density at radius 3 is 3.08 bits per heavy atom. The molecule has 0 aliphatic heterocycles. The molecule has 1 aromatic heterocycles. The van der Waals surface area contributed by atoms with Gasteiger partial charge in [0.15, 0.2) is 0 Å². The summed E-state index contributed by atoms with van der Waals surface area (Å²) in [4.78, 5) is 15.3. The third-order valence-electron chi connectivity index (χ3n) is 1.74. The smallest absolute Gasteiger partial charge is 0.253 e. The Kier molecular flexibility index (Phi) is 3.27. The molecular formula is C10H12N2O. The Labute approximate surface area is 77.4 Å². The van der Waals surface area contributed by atoms with Crippen molar-refractivity contribution in [2.24, 2.45) is 0 Å². The Hall–Kier alpha value is -1.56. The average Bonchev–Trinajstić information content (AvgIpc) is 2.09. The van der Waals surface area contributed by atoms with E-state index < -0.39 is 0 Å². The van der Waals surface area contributed by atoms with Crippen LogP contribution in [0.2, 0.25) is 0 Å². The zero-order chi connectivity index (χ0) is 9.68. The number of nitrogens with zero attached hydrogens (tertiary/aromatic N) is 2. The second-order valence-electron chi connectivity index (χ2n) is 2.87. The highest BCUT2D eigenvalue weighted by Gasteiger charge is 1.95. The molecule has 0 radical (unpaired) electrons. The lowest BCUT2D eigenvalue weighted by Gasteiger charge is -2.02. The van der Waals surface area contributed by atoms with Crippen molar-refractivity contribution in [1.29, 1.82) is 0 Å². The van der Waals surface area contributed by atoms with Gasteiger partial charge in [-0.15, -0.1) is 12.3 Å². The molecule has 0 unspecified atom stereocenters. The van der Waals surface area contributed by atoms with E-state index in [2.05, 4.69) is 10.9 Å². The lowest BCUT2D eigenvalue weighted by atomic mass is 10.3. The highest BCUT2D eigenvalue weighted by Crippen LogP contribution is 1.91. The number of rotatable bonds is 3.